The summed E-state index contributed by atoms with van der Waals surface area (Å²) in [7, 11) is 1.52. The number of hydrogen-bond donors (Lipinski definition) is 3. The van der Waals surface area contributed by atoms with Crippen LogP contribution in [0, 0.1) is 0 Å². The van der Waals surface area contributed by atoms with E-state index in [-0.39, 0.29) is 24.8 Å². The topological polar surface area (TPSA) is 96.9 Å². The molecule has 0 aromatic carbocycles. The van der Waals surface area contributed by atoms with Gasteiger partial charge in [0.1, 0.15) is 11.9 Å². The number of nitrogens with one attached hydrogen (secondary N) is 1. The predicted molar refractivity (Wildman–Crippen MR) is 72.1 cm³/mol. The number of aliphatic imine (C=N–C) groups is 1. The molecule has 0 unspecified atom stereocenters. The first-order chi connectivity index (χ1) is 7.07. The summed E-state index contributed by atoms with van der Waals surface area (Å²) < 4.78 is 0. The molecule has 104 valence electrons. The number of hydrogen-bond acceptors (Lipinski definition) is 4. The summed E-state index contributed by atoms with van der Waals surface area (Å²) in [4.78, 5) is 19.2. The van der Waals surface area contributed by atoms with E-state index in [2.05, 4.69) is 15.3 Å². The number of nitrogens with two attached hydrogens (primary N) is 1. The van der Waals surface area contributed by atoms with Crippen LogP contribution < -0.4 is 11.2 Å². The van der Waals surface area contributed by atoms with Gasteiger partial charge in [0.25, 0.3) is 0 Å². The number of carbonyl (C=O) groups is 1. The lowest BCUT2D eigenvalue weighted by Crippen LogP contribution is -2.29. The Balaban J connectivity index is -0.000000980. The summed E-state index contributed by atoms with van der Waals surface area (Å²) >= 11 is 0. The van der Waals surface area contributed by atoms with Crippen molar-refractivity contribution in [2.24, 2.45) is 10.7 Å². The molecule has 0 radical (unpaired) electrons. The minimum atomic E-state index is -0.948. The highest BCUT2D eigenvalue weighted by Crippen LogP contribution is 1.99. The van der Waals surface area contributed by atoms with E-state index in [1.54, 1.807) is 6.92 Å². The summed E-state index contributed by atoms with van der Waals surface area (Å²) in [6, 6.07) is -0.757. The average molecular weight is 290 g/mol. The third-order valence-electron chi connectivity index (χ3n) is 1.84. The Morgan fingerprint density at radius 1 is 1.47 bits per heavy atom. The van der Waals surface area contributed by atoms with Gasteiger partial charge in [0.15, 0.2) is 0 Å². The second kappa shape index (κ2) is 13.5. The van der Waals surface area contributed by atoms with E-state index in [1.165, 1.54) is 7.11 Å². The monoisotopic (exact) mass is 289 g/mol. The molecular weight excluding hydrogens is 269 g/mol. The van der Waals surface area contributed by atoms with E-state index in [0.29, 0.717) is 18.8 Å². The minimum absolute atomic E-state index is 0. The average Bonchev–Trinajstić information content (AvgIpc) is 2.17. The zero-order chi connectivity index (χ0) is 11.7. The summed E-state index contributed by atoms with van der Waals surface area (Å²) in [5.41, 5.74) is 7.93. The number of amidine groups is 1. The number of halogens is 2. The van der Waals surface area contributed by atoms with Crippen molar-refractivity contribution in [1.29, 1.82) is 0 Å². The van der Waals surface area contributed by atoms with Gasteiger partial charge in [0.05, 0.1) is 7.11 Å². The van der Waals surface area contributed by atoms with Gasteiger partial charge in [-0.1, -0.05) is 0 Å². The Labute approximate surface area is 114 Å². The molecule has 0 rings (SSSR count). The van der Waals surface area contributed by atoms with Crippen molar-refractivity contribution in [1.82, 2.24) is 5.48 Å². The molecule has 0 aliphatic carbocycles. The van der Waals surface area contributed by atoms with Gasteiger partial charge in [-0.25, -0.2) is 0 Å². The molecule has 0 heterocycles. The molecule has 8 heteroatoms. The highest BCUT2D eigenvalue weighted by molar-refractivity contribution is 5.85. The Hall–Kier alpha value is -0.560. The molecule has 0 aliphatic heterocycles. The Kier molecular flexibility index (Phi) is 17.2. The molecule has 0 aromatic rings. The van der Waals surface area contributed by atoms with Gasteiger partial charge < -0.3 is 10.8 Å². The van der Waals surface area contributed by atoms with Gasteiger partial charge in [-0.3, -0.25) is 20.1 Å². The van der Waals surface area contributed by atoms with Crippen LogP contribution in [0.25, 0.3) is 0 Å². The Bertz CT molecular complexity index is 228. The molecule has 0 bridgehead atoms. The zero-order valence-electron chi connectivity index (χ0n) is 10.0. The van der Waals surface area contributed by atoms with Crippen LogP contribution in [0.15, 0.2) is 4.99 Å². The maximum Gasteiger partial charge on any atom is 0.320 e. The second-order valence-corrected chi connectivity index (χ2v) is 3.21. The lowest BCUT2D eigenvalue weighted by atomic mass is 10.1. The standard InChI is InChI=1S/C9H19N3O3.2ClH/c1-7(12-15-2)11-6-4-3-5-8(10)9(13)14;;/h8H,3-6,10H2,1-2H3,(H,11,12)(H,13,14);2*1H/t8-;;/m0../s1. The zero-order valence-corrected chi connectivity index (χ0v) is 11.6. The molecule has 0 saturated carbocycles. The van der Waals surface area contributed by atoms with Crippen molar-refractivity contribution in [2.75, 3.05) is 13.7 Å². The summed E-state index contributed by atoms with van der Waals surface area (Å²) in [6.07, 6.45) is 2.07. The van der Waals surface area contributed by atoms with Crippen molar-refractivity contribution < 1.29 is 14.7 Å². The van der Waals surface area contributed by atoms with E-state index >= 15 is 0 Å². The summed E-state index contributed by atoms with van der Waals surface area (Å²) in [5.74, 6) is -0.240. The maximum absolute atomic E-state index is 10.4. The number of hydroxylamine groups is 1. The molecule has 17 heavy (non-hydrogen) atoms. The molecule has 6 nitrogen and oxygen atoms in total. The van der Waals surface area contributed by atoms with Crippen molar-refractivity contribution >= 4 is 36.6 Å². The molecular formula is C9H21Cl2N3O3. The van der Waals surface area contributed by atoms with Gasteiger partial charge in [0, 0.05) is 6.54 Å². The fraction of sp³-hybridized carbons (Fsp3) is 0.778. The van der Waals surface area contributed by atoms with E-state index in [4.69, 9.17) is 10.8 Å². The molecule has 0 saturated heterocycles. The number of unbranched alkanes of at least 4 members (excludes halogenated alkanes) is 1. The molecule has 0 fully saturated rings. The normalized spacial score (nSPS) is 12.1. The number of rotatable bonds is 7. The maximum atomic E-state index is 10.4. The first kappa shape index (κ1) is 21.7. The van der Waals surface area contributed by atoms with E-state index in [1.807, 2.05) is 0 Å². The minimum Gasteiger partial charge on any atom is -0.480 e. The van der Waals surface area contributed by atoms with Crippen LogP contribution in [0.5, 0.6) is 0 Å². The second-order valence-electron chi connectivity index (χ2n) is 3.21. The molecule has 0 amide bonds. The first-order valence-corrected chi connectivity index (χ1v) is 4.86. The molecule has 0 spiro atoms. The highest BCUT2D eigenvalue weighted by atomic mass is 35.5. The Morgan fingerprint density at radius 2 is 2.06 bits per heavy atom. The lowest BCUT2D eigenvalue weighted by Gasteiger charge is -2.05. The smallest absolute Gasteiger partial charge is 0.320 e. The van der Waals surface area contributed by atoms with Crippen molar-refractivity contribution in [3.8, 4) is 0 Å². The molecule has 1 atom stereocenters. The fourth-order valence-corrected chi connectivity index (χ4v) is 1.03. The third kappa shape index (κ3) is 13.4. The van der Waals surface area contributed by atoms with Gasteiger partial charge in [0.2, 0.25) is 0 Å². The van der Waals surface area contributed by atoms with Gasteiger partial charge in [-0.15, -0.1) is 24.8 Å². The largest absolute Gasteiger partial charge is 0.480 e. The van der Waals surface area contributed by atoms with Gasteiger partial charge in [-0.2, -0.15) is 0 Å². The van der Waals surface area contributed by atoms with Crippen LogP contribution in [-0.2, 0) is 9.63 Å². The quantitative estimate of drug-likeness (QED) is 0.281. The van der Waals surface area contributed by atoms with Crippen LogP contribution >= 0.6 is 24.8 Å². The summed E-state index contributed by atoms with van der Waals surface area (Å²) in [6.45, 7) is 2.45. The van der Waals surface area contributed by atoms with Crippen molar-refractivity contribution in [2.45, 2.75) is 32.2 Å². The number of nitrogens with zero attached hydrogens (tertiary/aromatic N) is 1. The number of carboxylic acids is 1. The number of aliphatic carboxylic acids is 1. The Morgan fingerprint density at radius 3 is 2.53 bits per heavy atom. The van der Waals surface area contributed by atoms with Crippen LogP contribution in [0.1, 0.15) is 26.2 Å². The van der Waals surface area contributed by atoms with E-state index < -0.39 is 12.0 Å². The van der Waals surface area contributed by atoms with Crippen LogP contribution in [0.2, 0.25) is 0 Å². The first-order valence-electron chi connectivity index (χ1n) is 4.86. The SMILES string of the molecule is CONC(C)=NCCCC[C@H](N)C(=O)O.Cl.Cl. The molecule has 0 aromatic heterocycles. The lowest BCUT2D eigenvalue weighted by molar-refractivity contribution is -0.138. The van der Waals surface area contributed by atoms with Crippen LogP contribution in [0.3, 0.4) is 0 Å². The van der Waals surface area contributed by atoms with Crippen molar-refractivity contribution in [3.05, 3.63) is 0 Å². The fourth-order valence-electron chi connectivity index (χ4n) is 1.03. The molecule has 4 N–H and O–H groups in total. The summed E-state index contributed by atoms with van der Waals surface area (Å²) in [5, 5.41) is 8.52. The van der Waals surface area contributed by atoms with Crippen LogP contribution in [-0.4, -0.2) is 36.6 Å². The van der Waals surface area contributed by atoms with Crippen molar-refractivity contribution in [3.63, 3.8) is 0 Å². The number of carboxylic acid groups (broad SMARTS) is 1. The molecule has 0 aliphatic rings. The van der Waals surface area contributed by atoms with E-state index in [0.717, 1.165) is 12.8 Å². The highest BCUT2D eigenvalue weighted by Gasteiger charge is 2.09. The third-order valence-corrected chi connectivity index (χ3v) is 1.84. The predicted octanol–water partition coefficient (Wildman–Crippen LogP) is 0.982. The van der Waals surface area contributed by atoms with Gasteiger partial charge >= 0.3 is 5.97 Å². The van der Waals surface area contributed by atoms with Crippen LogP contribution in [0.4, 0.5) is 0 Å². The van der Waals surface area contributed by atoms with E-state index in [9.17, 15) is 4.79 Å². The van der Waals surface area contributed by atoms with Gasteiger partial charge in [-0.05, 0) is 26.2 Å².